The summed E-state index contributed by atoms with van der Waals surface area (Å²) < 4.78 is 26.5. The van der Waals surface area contributed by atoms with E-state index in [-0.39, 0.29) is 17.3 Å². The van der Waals surface area contributed by atoms with E-state index < -0.39 is 15.6 Å². The van der Waals surface area contributed by atoms with Gasteiger partial charge in [0.15, 0.2) is 5.82 Å². The Balaban J connectivity index is 2.31. The Kier molecular flexibility index (Phi) is 4.32. The van der Waals surface area contributed by atoms with Gasteiger partial charge in [0.05, 0.1) is 6.54 Å². The van der Waals surface area contributed by atoms with Crippen molar-refractivity contribution >= 4 is 15.8 Å². The zero-order chi connectivity index (χ0) is 15.3. The number of aromatic nitrogens is 3. The fourth-order valence-electron chi connectivity index (χ4n) is 1.39. The van der Waals surface area contributed by atoms with Crippen LogP contribution in [0.15, 0.2) is 40.3 Å². The fraction of sp³-hybridized carbons (Fsp3) is 0.0833. The lowest BCUT2D eigenvalue weighted by Crippen LogP contribution is -2.16. The van der Waals surface area contributed by atoms with Crippen LogP contribution in [-0.2, 0) is 10.0 Å². The number of rotatable bonds is 3. The SMILES string of the molecule is NCC#Cc1cncc(S(=O)(=O)Nc2ccc(=O)[nH]n2)c1. The predicted molar refractivity (Wildman–Crippen MR) is 75.8 cm³/mol. The largest absolute Gasteiger partial charge is 0.320 e. The Hall–Kier alpha value is -2.70. The smallest absolute Gasteiger partial charge is 0.264 e. The van der Waals surface area contributed by atoms with Crippen molar-refractivity contribution in [3.63, 3.8) is 0 Å². The highest BCUT2D eigenvalue weighted by Crippen LogP contribution is 2.13. The molecule has 2 heterocycles. The summed E-state index contributed by atoms with van der Waals surface area (Å²) in [5.41, 5.74) is 5.25. The summed E-state index contributed by atoms with van der Waals surface area (Å²) in [6, 6.07) is 3.78. The molecule has 0 aromatic carbocycles. The molecule has 0 aliphatic heterocycles. The van der Waals surface area contributed by atoms with Gasteiger partial charge in [-0.3, -0.25) is 14.5 Å². The highest BCUT2D eigenvalue weighted by atomic mass is 32.2. The second-order valence-corrected chi connectivity index (χ2v) is 5.51. The molecule has 0 atom stereocenters. The van der Waals surface area contributed by atoms with Crippen molar-refractivity contribution in [3.8, 4) is 11.8 Å². The van der Waals surface area contributed by atoms with Gasteiger partial charge in [-0.25, -0.2) is 13.5 Å². The minimum Gasteiger partial charge on any atom is -0.320 e. The maximum Gasteiger partial charge on any atom is 0.264 e. The Morgan fingerprint density at radius 3 is 2.81 bits per heavy atom. The summed E-state index contributed by atoms with van der Waals surface area (Å²) in [4.78, 5) is 14.6. The highest BCUT2D eigenvalue weighted by Gasteiger charge is 2.15. The third-order valence-corrected chi connectivity index (χ3v) is 3.60. The predicted octanol–water partition coefficient (Wildman–Crippen LogP) is -0.724. The molecule has 0 fully saturated rings. The van der Waals surface area contributed by atoms with Crippen molar-refractivity contribution in [2.24, 2.45) is 5.73 Å². The minimum absolute atomic E-state index is 0.00644. The Labute approximate surface area is 120 Å². The van der Waals surface area contributed by atoms with Crippen molar-refractivity contribution in [1.82, 2.24) is 15.2 Å². The van der Waals surface area contributed by atoms with Crippen LogP contribution in [0.25, 0.3) is 0 Å². The van der Waals surface area contributed by atoms with Crippen molar-refractivity contribution in [1.29, 1.82) is 0 Å². The molecule has 0 bridgehead atoms. The van der Waals surface area contributed by atoms with Gasteiger partial charge in [0, 0.05) is 24.0 Å². The van der Waals surface area contributed by atoms with Gasteiger partial charge < -0.3 is 5.73 Å². The number of aromatic amines is 1. The van der Waals surface area contributed by atoms with Crippen LogP contribution < -0.4 is 16.0 Å². The second-order valence-electron chi connectivity index (χ2n) is 3.83. The summed E-state index contributed by atoms with van der Waals surface area (Å²) in [5, 5.41) is 5.70. The number of sulfonamides is 1. The first-order valence-electron chi connectivity index (χ1n) is 5.74. The lowest BCUT2D eigenvalue weighted by Gasteiger charge is -2.06. The third kappa shape index (κ3) is 3.88. The van der Waals surface area contributed by atoms with Gasteiger partial charge in [0.2, 0.25) is 0 Å². The molecule has 0 amide bonds. The molecule has 0 spiro atoms. The van der Waals surface area contributed by atoms with Crippen LogP contribution in [0.1, 0.15) is 5.56 Å². The molecule has 4 N–H and O–H groups in total. The number of nitrogens with two attached hydrogens (primary N) is 1. The number of nitrogens with zero attached hydrogens (tertiary/aromatic N) is 2. The summed E-state index contributed by atoms with van der Waals surface area (Å²) >= 11 is 0. The van der Waals surface area contributed by atoms with E-state index in [0.29, 0.717) is 5.56 Å². The van der Waals surface area contributed by atoms with Crippen molar-refractivity contribution in [2.45, 2.75) is 4.90 Å². The molecule has 108 valence electrons. The van der Waals surface area contributed by atoms with Crippen LogP contribution in [0, 0.1) is 11.8 Å². The number of nitrogens with one attached hydrogen (secondary N) is 2. The Bertz CT molecular complexity index is 844. The first-order chi connectivity index (χ1) is 10.0. The summed E-state index contributed by atoms with van der Waals surface area (Å²) in [6.07, 6.45) is 2.61. The molecule has 0 aliphatic carbocycles. The van der Waals surface area contributed by atoms with Crippen LogP contribution in [0.4, 0.5) is 5.82 Å². The average molecular weight is 305 g/mol. The number of hydrogen-bond acceptors (Lipinski definition) is 6. The van der Waals surface area contributed by atoms with Gasteiger partial charge in [0.1, 0.15) is 4.90 Å². The molecule has 2 aromatic rings. The van der Waals surface area contributed by atoms with E-state index in [2.05, 4.69) is 31.7 Å². The molecule has 2 rings (SSSR count). The van der Waals surface area contributed by atoms with E-state index in [0.717, 1.165) is 6.07 Å². The van der Waals surface area contributed by atoms with Gasteiger partial charge in [-0.2, -0.15) is 5.10 Å². The first kappa shape index (κ1) is 14.7. The van der Waals surface area contributed by atoms with Crippen molar-refractivity contribution in [3.05, 3.63) is 46.5 Å². The normalized spacial score (nSPS) is 10.5. The fourth-order valence-corrected chi connectivity index (χ4v) is 2.37. The molecular weight excluding hydrogens is 294 g/mol. The maximum atomic E-state index is 12.2. The second kappa shape index (κ2) is 6.17. The quantitative estimate of drug-likeness (QED) is 0.641. The molecule has 0 radical (unpaired) electrons. The maximum absolute atomic E-state index is 12.2. The molecule has 0 saturated carbocycles. The lowest BCUT2D eigenvalue weighted by atomic mass is 10.3. The van der Waals surface area contributed by atoms with Crippen LogP contribution in [0.2, 0.25) is 0 Å². The van der Waals surface area contributed by atoms with E-state index >= 15 is 0 Å². The minimum atomic E-state index is -3.87. The van der Waals surface area contributed by atoms with E-state index in [1.807, 2.05) is 0 Å². The summed E-state index contributed by atoms with van der Waals surface area (Å²) in [7, 11) is -3.87. The third-order valence-electron chi connectivity index (χ3n) is 2.28. The average Bonchev–Trinajstić information content (AvgIpc) is 2.48. The van der Waals surface area contributed by atoms with Crippen molar-refractivity contribution in [2.75, 3.05) is 11.3 Å². The molecular formula is C12H11N5O3S. The number of anilines is 1. The number of H-pyrrole nitrogens is 1. The van der Waals surface area contributed by atoms with Crippen LogP contribution >= 0.6 is 0 Å². The van der Waals surface area contributed by atoms with Gasteiger partial charge in [0.25, 0.3) is 15.6 Å². The van der Waals surface area contributed by atoms with Gasteiger partial charge in [-0.1, -0.05) is 11.8 Å². The zero-order valence-corrected chi connectivity index (χ0v) is 11.5. The van der Waals surface area contributed by atoms with Gasteiger partial charge in [-0.15, -0.1) is 0 Å². The molecule has 9 heteroatoms. The molecule has 0 aliphatic rings. The van der Waals surface area contributed by atoms with Gasteiger partial charge in [-0.05, 0) is 12.1 Å². The highest BCUT2D eigenvalue weighted by molar-refractivity contribution is 7.92. The standard InChI is InChI=1S/C12H11N5O3S/c13-5-1-2-9-6-10(8-14-7-9)21(19,20)17-11-3-4-12(18)16-15-11/h3-4,6-8H,5,13H2,(H,15,17)(H,16,18). The zero-order valence-electron chi connectivity index (χ0n) is 10.7. The Morgan fingerprint density at radius 2 is 2.14 bits per heavy atom. The molecule has 2 aromatic heterocycles. The van der Waals surface area contributed by atoms with E-state index in [9.17, 15) is 13.2 Å². The molecule has 21 heavy (non-hydrogen) atoms. The topological polar surface area (TPSA) is 131 Å². The van der Waals surface area contributed by atoms with Crippen molar-refractivity contribution < 1.29 is 8.42 Å². The van der Waals surface area contributed by atoms with Gasteiger partial charge >= 0.3 is 0 Å². The van der Waals surface area contributed by atoms with E-state index in [1.54, 1.807) is 0 Å². The lowest BCUT2D eigenvalue weighted by molar-refractivity contribution is 0.600. The monoisotopic (exact) mass is 305 g/mol. The number of pyridine rings is 1. The van der Waals surface area contributed by atoms with E-state index in [1.165, 1.54) is 24.5 Å². The summed E-state index contributed by atoms with van der Waals surface area (Å²) in [6.45, 7) is 0.163. The van der Waals surface area contributed by atoms with Crippen LogP contribution in [-0.4, -0.2) is 30.1 Å². The molecule has 8 nitrogen and oxygen atoms in total. The first-order valence-corrected chi connectivity index (χ1v) is 7.22. The van der Waals surface area contributed by atoms with E-state index in [4.69, 9.17) is 5.73 Å². The van der Waals surface area contributed by atoms with Crippen LogP contribution in [0.3, 0.4) is 0 Å². The summed E-state index contributed by atoms with van der Waals surface area (Å²) in [5.74, 6) is 5.30. The molecule has 0 unspecified atom stereocenters. The molecule has 0 saturated heterocycles. The van der Waals surface area contributed by atoms with Crippen LogP contribution in [0.5, 0.6) is 0 Å². The Morgan fingerprint density at radius 1 is 1.33 bits per heavy atom. The number of hydrogen-bond donors (Lipinski definition) is 3.